The standard InChI is InChI=1S/C22H42N4/c1-10-17(3)25-15-20(23)22(8,9)13-12-21(6,7)16-24-14-19(5)26-18(4)11-2/h11,15-18,25-26H,2,5,10,12-14,23H2,1,3-4,6-9H3/b20-15-,24-16?. The maximum atomic E-state index is 6.32. The first kappa shape index (κ1) is 24.3. The lowest BCUT2D eigenvalue weighted by Crippen LogP contribution is -2.28. The second-order valence-electron chi connectivity index (χ2n) is 8.69. The van der Waals surface area contributed by atoms with Crippen LogP contribution in [0.2, 0.25) is 0 Å². The van der Waals surface area contributed by atoms with Crippen molar-refractivity contribution in [2.45, 2.75) is 79.8 Å². The van der Waals surface area contributed by atoms with Crippen molar-refractivity contribution in [3.8, 4) is 0 Å². The average molecular weight is 363 g/mol. The van der Waals surface area contributed by atoms with Crippen LogP contribution < -0.4 is 16.4 Å². The maximum absolute atomic E-state index is 6.32. The quantitative estimate of drug-likeness (QED) is 0.327. The van der Waals surface area contributed by atoms with Crippen LogP contribution in [-0.4, -0.2) is 24.8 Å². The zero-order chi connectivity index (χ0) is 20.4. The van der Waals surface area contributed by atoms with Crippen molar-refractivity contribution < 1.29 is 0 Å². The maximum Gasteiger partial charge on any atom is 0.0776 e. The molecule has 0 aromatic heterocycles. The molecule has 0 saturated heterocycles. The predicted octanol–water partition coefficient (Wildman–Crippen LogP) is 4.76. The number of aliphatic imine (C=N–C) groups is 1. The minimum atomic E-state index is -0.0455. The molecular formula is C22H42N4. The summed E-state index contributed by atoms with van der Waals surface area (Å²) in [5.74, 6) is 0. The molecule has 0 spiro atoms. The lowest BCUT2D eigenvalue weighted by molar-refractivity contribution is 0.330. The van der Waals surface area contributed by atoms with Gasteiger partial charge in [0.05, 0.1) is 6.54 Å². The van der Waals surface area contributed by atoms with Gasteiger partial charge in [-0.05, 0) is 38.5 Å². The Morgan fingerprint density at radius 1 is 1.19 bits per heavy atom. The first-order valence-corrected chi connectivity index (χ1v) is 9.73. The van der Waals surface area contributed by atoms with Crippen LogP contribution in [0.5, 0.6) is 0 Å². The molecule has 0 aliphatic carbocycles. The van der Waals surface area contributed by atoms with E-state index >= 15 is 0 Å². The van der Waals surface area contributed by atoms with Crippen LogP contribution in [-0.2, 0) is 0 Å². The smallest absolute Gasteiger partial charge is 0.0776 e. The number of nitrogens with one attached hydrogen (secondary N) is 2. The van der Waals surface area contributed by atoms with Gasteiger partial charge in [0.25, 0.3) is 0 Å². The van der Waals surface area contributed by atoms with Crippen LogP contribution in [0.4, 0.5) is 0 Å². The highest BCUT2D eigenvalue weighted by atomic mass is 14.9. The van der Waals surface area contributed by atoms with Gasteiger partial charge in [0.1, 0.15) is 0 Å². The number of nitrogens with two attached hydrogens (primary N) is 1. The molecule has 2 atom stereocenters. The van der Waals surface area contributed by atoms with Crippen LogP contribution >= 0.6 is 0 Å². The molecule has 0 fully saturated rings. The molecule has 0 rings (SSSR count). The van der Waals surface area contributed by atoms with Gasteiger partial charge < -0.3 is 16.4 Å². The number of hydrogen-bond acceptors (Lipinski definition) is 4. The zero-order valence-corrected chi connectivity index (χ0v) is 18.2. The summed E-state index contributed by atoms with van der Waals surface area (Å²) in [6.45, 7) is 23.6. The first-order chi connectivity index (χ1) is 11.9. The molecule has 4 heteroatoms. The average Bonchev–Trinajstić information content (AvgIpc) is 2.57. The molecule has 4 N–H and O–H groups in total. The molecule has 0 saturated carbocycles. The van der Waals surface area contributed by atoms with Crippen molar-refractivity contribution in [1.82, 2.24) is 10.6 Å². The highest BCUT2D eigenvalue weighted by molar-refractivity contribution is 5.64. The van der Waals surface area contributed by atoms with Crippen LogP contribution in [0.1, 0.15) is 67.7 Å². The molecule has 4 nitrogen and oxygen atoms in total. The van der Waals surface area contributed by atoms with Gasteiger partial charge in [0.2, 0.25) is 0 Å². The largest absolute Gasteiger partial charge is 0.400 e. The summed E-state index contributed by atoms with van der Waals surface area (Å²) in [7, 11) is 0. The molecule has 0 amide bonds. The normalized spacial score (nSPS) is 15.6. The Bertz CT molecular complexity index is 500. The van der Waals surface area contributed by atoms with Gasteiger partial charge in [-0.1, -0.05) is 47.3 Å². The van der Waals surface area contributed by atoms with Gasteiger partial charge in [-0.3, -0.25) is 4.99 Å². The van der Waals surface area contributed by atoms with E-state index in [2.05, 4.69) is 70.3 Å². The van der Waals surface area contributed by atoms with E-state index in [4.69, 9.17) is 5.73 Å². The van der Waals surface area contributed by atoms with Gasteiger partial charge in [-0.25, -0.2) is 0 Å². The third-order valence-electron chi connectivity index (χ3n) is 4.82. The fourth-order valence-corrected chi connectivity index (χ4v) is 2.22. The van der Waals surface area contributed by atoms with Crippen LogP contribution in [0, 0.1) is 10.8 Å². The van der Waals surface area contributed by atoms with E-state index in [1.807, 2.05) is 25.4 Å². The molecular weight excluding hydrogens is 320 g/mol. The number of hydrogen-bond donors (Lipinski definition) is 3. The minimum Gasteiger partial charge on any atom is -0.400 e. The summed E-state index contributed by atoms with van der Waals surface area (Å²) in [5.41, 5.74) is 8.11. The highest BCUT2D eigenvalue weighted by Gasteiger charge is 2.25. The molecule has 0 aliphatic rings. The number of nitrogens with zero attached hydrogens (tertiary/aromatic N) is 1. The van der Waals surface area contributed by atoms with Crippen molar-refractivity contribution in [3.05, 3.63) is 36.8 Å². The first-order valence-electron chi connectivity index (χ1n) is 9.73. The Kier molecular flexibility index (Phi) is 10.4. The van der Waals surface area contributed by atoms with E-state index in [0.717, 1.165) is 30.7 Å². The Morgan fingerprint density at radius 3 is 2.35 bits per heavy atom. The fourth-order valence-electron chi connectivity index (χ4n) is 2.22. The molecule has 0 bridgehead atoms. The van der Waals surface area contributed by atoms with Crippen LogP contribution in [0.3, 0.4) is 0 Å². The summed E-state index contributed by atoms with van der Waals surface area (Å²) >= 11 is 0. The fraction of sp³-hybridized carbons (Fsp3) is 0.682. The van der Waals surface area contributed by atoms with Gasteiger partial charge in [0, 0.05) is 41.3 Å². The summed E-state index contributed by atoms with van der Waals surface area (Å²) < 4.78 is 0. The Labute approximate surface area is 162 Å². The molecule has 0 radical (unpaired) electrons. The summed E-state index contributed by atoms with van der Waals surface area (Å²) in [6.07, 6.45) is 8.99. The van der Waals surface area contributed by atoms with Gasteiger partial charge in [0.15, 0.2) is 0 Å². The van der Waals surface area contributed by atoms with E-state index in [1.165, 1.54) is 0 Å². The second-order valence-corrected chi connectivity index (χ2v) is 8.69. The van der Waals surface area contributed by atoms with Crippen molar-refractivity contribution in [2.75, 3.05) is 6.54 Å². The van der Waals surface area contributed by atoms with Gasteiger partial charge in [-0.15, -0.1) is 6.58 Å². The Morgan fingerprint density at radius 2 is 1.81 bits per heavy atom. The predicted molar refractivity (Wildman–Crippen MR) is 117 cm³/mol. The molecule has 0 heterocycles. The Balaban J connectivity index is 4.58. The highest BCUT2D eigenvalue weighted by Crippen LogP contribution is 2.33. The molecule has 26 heavy (non-hydrogen) atoms. The zero-order valence-electron chi connectivity index (χ0n) is 18.2. The Hall–Kier alpha value is -1.71. The van der Waals surface area contributed by atoms with Crippen LogP contribution in [0.15, 0.2) is 41.8 Å². The summed E-state index contributed by atoms with van der Waals surface area (Å²) in [6, 6.07) is 0.656. The van der Waals surface area contributed by atoms with E-state index in [9.17, 15) is 0 Å². The van der Waals surface area contributed by atoms with Crippen LogP contribution in [0.25, 0.3) is 0 Å². The number of allylic oxidation sites excluding steroid dienone is 1. The summed E-state index contributed by atoms with van der Waals surface area (Å²) in [4.78, 5) is 4.57. The third-order valence-corrected chi connectivity index (χ3v) is 4.82. The lowest BCUT2D eigenvalue weighted by Gasteiger charge is -2.30. The third kappa shape index (κ3) is 10.3. The molecule has 0 aromatic rings. The van der Waals surface area contributed by atoms with Crippen molar-refractivity contribution in [2.24, 2.45) is 21.6 Å². The van der Waals surface area contributed by atoms with Crippen molar-refractivity contribution in [3.63, 3.8) is 0 Å². The molecule has 2 unspecified atom stereocenters. The van der Waals surface area contributed by atoms with Crippen molar-refractivity contribution in [1.29, 1.82) is 0 Å². The number of rotatable bonds is 13. The SMILES string of the molecule is C=CC(C)NC(=C)CN=CC(C)(C)CCC(C)(C)/C(N)=C/NC(C)CC. The van der Waals surface area contributed by atoms with Gasteiger partial charge >= 0.3 is 0 Å². The second kappa shape index (κ2) is 11.1. The van der Waals surface area contributed by atoms with Crippen molar-refractivity contribution >= 4 is 6.21 Å². The van der Waals surface area contributed by atoms with E-state index in [0.29, 0.717) is 12.6 Å². The minimum absolute atomic E-state index is 0.0199. The molecule has 0 aliphatic heterocycles. The van der Waals surface area contributed by atoms with Gasteiger partial charge in [-0.2, -0.15) is 0 Å². The summed E-state index contributed by atoms with van der Waals surface area (Å²) in [5, 5.41) is 6.62. The van der Waals surface area contributed by atoms with E-state index in [1.54, 1.807) is 0 Å². The monoisotopic (exact) mass is 362 g/mol. The van der Waals surface area contributed by atoms with E-state index in [-0.39, 0.29) is 16.9 Å². The topological polar surface area (TPSA) is 62.4 Å². The molecule has 0 aromatic carbocycles. The lowest BCUT2D eigenvalue weighted by atomic mass is 9.78. The van der Waals surface area contributed by atoms with E-state index < -0.39 is 0 Å². The molecule has 150 valence electrons.